The predicted octanol–water partition coefficient (Wildman–Crippen LogP) is 2.17. The summed E-state index contributed by atoms with van der Waals surface area (Å²) in [5, 5.41) is 13.1. The highest BCUT2D eigenvalue weighted by molar-refractivity contribution is 5.83. The van der Waals surface area contributed by atoms with Crippen LogP contribution in [0.15, 0.2) is 24.3 Å². The maximum atomic E-state index is 11.0. The zero-order valence-corrected chi connectivity index (χ0v) is 11.7. The number of aromatic carboxylic acids is 1. The maximum Gasteiger partial charge on any atom is 0.375 e. The molecule has 0 fully saturated rings. The van der Waals surface area contributed by atoms with Crippen LogP contribution in [0.3, 0.4) is 0 Å². The van der Waals surface area contributed by atoms with E-state index in [0.29, 0.717) is 23.9 Å². The maximum absolute atomic E-state index is 11.0. The molecule has 1 heterocycles. The van der Waals surface area contributed by atoms with Crippen LogP contribution in [-0.4, -0.2) is 33.0 Å². The molecular weight excluding hydrogens is 258 g/mol. The molecule has 0 saturated carbocycles. The Bertz CT molecular complexity index is 620. The van der Waals surface area contributed by atoms with Crippen LogP contribution in [0.5, 0.6) is 5.75 Å². The van der Waals surface area contributed by atoms with Crippen LogP contribution >= 0.6 is 0 Å². The van der Waals surface area contributed by atoms with Gasteiger partial charge in [0.15, 0.2) is 0 Å². The molecule has 106 valence electrons. The van der Waals surface area contributed by atoms with Crippen molar-refractivity contribution in [1.82, 2.24) is 14.8 Å². The molecule has 0 atom stereocenters. The van der Waals surface area contributed by atoms with Crippen molar-refractivity contribution in [3.05, 3.63) is 35.9 Å². The van der Waals surface area contributed by atoms with E-state index in [4.69, 9.17) is 9.84 Å². The number of hydrogen-bond donors (Lipinski definition) is 1. The minimum absolute atomic E-state index is 0.191. The minimum atomic E-state index is -1.13. The van der Waals surface area contributed by atoms with Gasteiger partial charge in [0.2, 0.25) is 0 Å². The van der Waals surface area contributed by atoms with Gasteiger partial charge in [0, 0.05) is 12.5 Å². The second-order valence-electron chi connectivity index (χ2n) is 4.87. The molecule has 0 aliphatic carbocycles. The van der Waals surface area contributed by atoms with Gasteiger partial charge in [-0.1, -0.05) is 19.9 Å². The van der Waals surface area contributed by atoms with Gasteiger partial charge in [-0.3, -0.25) is 0 Å². The molecule has 0 amide bonds. The number of hydrogen-bond acceptors (Lipinski definition) is 4. The number of ether oxygens (including phenoxy) is 1. The Hall–Kier alpha value is -2.37. The van der Waals surface area contributed by atoms with Crippen LogP contribution in [0.4, 0.5) is 0 Å². The van der Waals surface area contributed by atoms with Crippen molar-refractivity contribution in [3.63, 3.8) is 0 Å². The first kappa shape index (κ1) is 14.0. The summed E-state index contributed by atoms with van der Waals surface area (Å²) in [6.45, 7) is 4.09. The zero-order valence-electron chi connectivity index (χ0n) is 11.7. The normalized spacial score (nSPS) is 10.8. The summed E-state index contributed by atoms with van der Waals surface area (Å²) in [4.78, 5) is 15.1. The number of carboxylic acids is 1. The van der Waals surface area contributed by atoms with Crippen molar-refractivity contribution >= 4 is 5.97 Å². The van der Waals surface area contributed by atoms with Gasteiger partial charge >= 0.3 is 5.97 Å². The Balaban J connectivity index is 2.49. The molecule has 6 heteroatoms. The Labute approximate surface area is 117 Å². The van der Waals surface area contributed by atoms with Crippen molar-refractivity contribution in [3.8, 4) is 11.4 Å². The fraction of sp³-hybridized carbons (Fsp3) is 0.357. The number of benzene rings is 1. The summed E-state index contributed by atoms with van der Waals surface area (Å²) in [6.07, 6.45) is 0.650. The monoisotopic (exact) mass is 275 g/mol. The van der Waals surface area contributed by atoms with E-state index in [9.17, 15) is 4.79 Å². The van der Waals surface area contributed by atoms with Crippen LogP contribution < -0.4 is 4.74 Å². The number of aromatic nitrogens is 3. The van der Waals surface area contributed by atoms with Crippen LogP contribution in [0.2, 0.25) is 0 Å². The largest absolute Gasteiger partial charge is 0.497 e. The van der Waals surface area contributed by atoms with Crippen LogP contribution in [0.1, 0.15) is 30.3 Å². The molecule has 1 aromatic carbocycles. The molecule has 0 aliphatic heterocycles. The van der Waals surface area contributed by atoms with E-state index < -0.39 is 5.97 Å². The van der Waals surface area contributed by atoms with Crippen molar-refractivity contribution in [2.75, 3.05) is 7.11 Å². The second-order valence-corrected chi connectivity index (χ2v) is 4.87. The second kappa shape index (κ2) is 5.73. The first-order chi connectivity index (χ1) is 9.51. The quantitative estimate of drug-likeness (QED) is 0.904. The third-order valence-corrected chi connectivity index (χ3v) is 2.75. The number of methoxy groups -OCH3 is 1. The van der Waals surface area contributed by atoms with Crippen molar-refractivity contribution < 1.29 is 14.6 Å². The topological polar surface area (TPSA) is 77.2 Å². The zero-order chi connectivity index (χ0) is 14.7. The number of carboxylic acid groups (broad SMARTS) is 1. The molecule has 0 radical (unpaired) electrons. The fourth-order valence-electron chi connectivity index (χ4n) is 1.88. The number of carbonyl (C=O) groups is 1. The van der Waals surface area contributed by atoms with Gasteiger partial charge in [-0.15, -0.1) is 5.10 Å². The molecule has 0 bridgehead atoms. The van der Waals surface area contributed by atoms with Crippen LogP contribution in [0, 0.1) is 5.92 Å². The Morgan fingerprint density at radius 1 is 1.45 bits per heavy atom. The summed E-state index contributed by atoms with van der Waals surface area (Å²) in [5.74, 6) is 0.348. The summed E-state index contributed by atoms with van der Waals surface area (Å²) in [6, 6.07) is 7.28. The first-order valence-electron chi connectivity index (χ1n) is 6.35. The molecule has 0 aliphatic rings. The molecule has 0 unspecified atom stereocenters. The average molecular weight is 275 g/mol. The average Bonchev–Trinajstić information content (AvgIpc) is 2.82. The predicted molar refractivity (Wildman–Crippen MR) is 73.4 cm³/mol. The van der Waals surface area contributed by atoms with Crippen molar-refractivity contribution in [1.29, 1.82) is 0 Å². The minimum Gasteiger partial charge on any atom is -0.497 e. The molecule has 1 N–H and O–H groups in total. The molecule has 0 spiro atoms. The van der Waals surface area contributed by atoms with E-state index in [0.717, 1.165) is 5.69 Å². The number of rotatable bonds is 5. The van der Waals surface area contributed by atoms with Gasteiger partial charge in [-0.05, 0) is 18.1 Å². The van der Waals surface area contributed by atoms with E-state index in [1.807, 2.05) is 32.0 Å². The van der Waals surface area contributed by atoms with Crippen LogP contribution in [-0.2, 0) is 6.42 Å². The van der Waals surface area contributed by atoms with E-state index >= 15 is 0 Å². The highest BCUT2D eigenvalue weighted by atomic mass is 16.5. The molecule has 2 rings (SSSR count). The van der Waals surface area contributed by atoms with Gasteiger partial charge < -0.3 is 9.84 Å². The molecule has 2 aromatic rings. The first-order valence-corrected chi connectivity index (χ1v) is 6.35. The van der Waals surface area contributed by atoms with E-state index in [-0.39, 0.29) is 5.82 Å². The Morgan fingerprint density at radius 2 is 2.20 bits per heavy atom. The van der Waals surface area contributed by atoms with E-state index in [1.54, 1.807) is 17.9 Å². The fourth-order valence-corrected chi connectivity index (χ4v) is 1.88. The standard InChI is InChI=1S/C14H17N3O3/c1-9(2)7-12-15-13(14(18)19)16-17(12)10-5-4-6-11(8-10)20-3/h4-6,8-9H,7H2,1-3H3,(H,18,19). The molecule has 0 saturated heterocycles. The lowest BCUT2D eigenvalue weighted by molar-refractivity contribution is 0.0683. The molecule has 1 aromatic heterocycles. The molecule has 6 nitrogen and oxygen atoms in total. The van der Waals surface area contributed by atoms with Gasteiger partial charge in [0.25, 0.3) is 5.82 Å². The van der Waals surface area contributed by atoms with Gasteiger partial charge in [0.1, 0.15) is 11.6 Å². The smallest absolute Gasteiger partial charge is 0.375 e. The van der Waals surface area contributed by atoms with Crippen molar-refractivity contribution in [2.45, 2.75) is 20.3 Å². The van der Waals surface area contributed by atoms with Gasteiger partial charge in [-0.25, -0.2) is 14.5 Å². The summed E-state index contributed by atoms with van der Waals surface area (Å²) in [7, 11) is 1.58. The Kier molecular flexibility index (Phi) is 4.02. The molecular formula is C14H17N3O3. The van der Waals surface area contributed by atoms with Crippen molar-refractivity contribution in [2.24, 2.45) is 5.92 Å². The highest BCUT2D eigenvalue weighted by Gasteiger charge is 2.17. The Morgan fingerprint density at radius 3 is 2.80 bits per heavy atom. The lowest BCUT2D eigenvalue weighted by Gasteiger charge is -2.08. The highest BCUT2D eigenvalue weighted by Crippen LogP contribution is 2.18. The van der Waals surface area contributed by atoms with E-state index in [1.165, 1.54) is 0 Å². The van der Waals surface area contributed by atoms with Crippen LogP contribution in [0.25, 0.3) is 5.69 Å². The lowest BCUT2D eigenvalue weighted by atomic mass is 10.1. The van der Waals surface area contributed by atoms with Gasteiger partial charge in [0.05, 0.1) is 12.8 Å². The van der Waals surface area contributed by atoms with Gasteiger partial charge in [-0.2, -0.15) is 0 Å². The third-order valence-electron chi connectivity index (χ3n) is 2.75. The summed E-state index contributed by atoms with van der Waals surface area (Å²) in [5.41, 5.74) is 0.736. The molecule has 20 heavy (non-hydrogen) atoms. The SMILES string of the molecule is COc1cccc(-n2nc(C(=O)O)nc2CC(C)C)c1. The summed E-state index contributed by atoms with van der Waals surface area (Å²) >= 11 is 0. The third kappa shape index (κ3) is 2.96. The lowest BCUT2D eigenvalue weighted by Crippen LogP contribution is -2.06. The summed E-state index contributed by atoms with van der Waals surface area (Å²) < 4.78 is 6.74. The number of nitrogens with zero attached hydrogens (tertiary/aromatic N) is 3. The van der Waals surface area contributed by atoms with E-state index in [2.05, 4.69) is 10.1 Å².